The van der Waals surface area contributed by atoms with Crippen LogP contribution in [-0.2, 0) is 72.8 Å². The number of hydrogen-bond acceptors (Lipinski definition) is 18. The van der Waals surface area contributed by atoms with Gasteiger partial charge in [0.2, 0.25) is 47.3 Å². The van der Waals surface area contributed by atoms with E-state index in [2.05, 4.69) is 41.9 Å². The minimum Gasteiger partial charge on any atom is -0.379 e. The van der Waals surface area contributed by atoms with Crippen LogP contribution >= 0.6 is 11.3 Å². The fourth-order valence-corrected chi connectivity index (χ4v) is 10.2. The number of thiazole rings is 1. The van der Waals surface area contributed by atoms with Crippen molar-refractivity contribution in [1.29, 1.82) is 0 Å². The molecule has 0 aliphatic carbocycles. The summed E-state index contributed by atoms with van der Waals surface area (Å²) in [5.41, 5.74) is 4.10. The van der Waals surface area contributed by atoms with Crippen molar-refractivity contribution >= 4 is 86.2 Å². The lowest BCUT2D eigenvalue weighted by atomic mass is 9.98. The first-order chi connectivity index (χ1) is 40.6. The Morgan fingerprint density at radius 3 is 1.93 bits per heavy atom. The molecule has 1 aliphatic rings. The maximum atomic E-state index is 16.5. The largest absolute Gasteiger partial charge is 0.379 e. The number of nitrogens with two attached hydrogens (primary N) is 1. The first-order valence-electron chi connectivity index (χ1n) is 27.0. The summed E-state index contributed by atoms with van der Waals surface area (Å²) in [7, 11) is -4.98. The predicted molar refractivity (Wildman–Crippen MR) is 306 cm³/mol. The van der Waals surface area contributed by atoms with Crippen molar-refractivity contribution < 1.29 is 79.0 Å². The smallest absolute Gasteiger partial charge is 0.267 e. The van der Waals surface area contributed by atoms with Gasteiger partial charge < -0.3 is 46.5 Å². The lowest BCUT2D eigenvalue weighted by molar-refractivity contribution is -0.137. The molecule has 466 valence electrons. The van der Waals surface area contributed by atoms with Gasteiger partial charge in [-0.15, -0.1) is 11.3 Å². The Bertz CT molecular complexity index is 3250. The average Bonchev–Trinajstić information content (AvgIpc) is 2.97. The van der Waals surface area contributed by atoms with Gasteiger partial charge in [-0.1, -0.05) is 46.8 Å². The molecule has 1 aliphatic heterocycles. The first kappa shape index (κ1) is 68.5. The molecule has 0 bridgehead atoms. The van der Waals surface area contributed by atoms with Crippen molar-refractivity contribution in [2.24, 2.45) is 11.7 Å². The molecule has 2 aromatic heterocycles. The monoisotopic (exact) mass is 1240 g/mol. The second-order valence-electron chi connectivity index (χ2n) is 20.8. The average molecular weight is 1240 g/mol. The third kappa shape index (κ3) is 20.5. The zero-order valence-electron chi connectivity index (χ0n) is 48.2. The van der Waals surface area contributed by atoms with Gasteiger partial charge in [0.1, 0.15) is 35.8 Å². The van der Waals surface area contributed by atoms with Crippen LogP contribution in [0.4, 0.5) is 24.8 Å². The standard InChI is InChI=1S/C55H69F3N12O14S2/c1-30(2)28-38(52(79)68-54-61-19-16-37(66-54)47-46(67-53(85-47)55(5,6)7)33-10-8-13-36(45(33)58)69-86(80,81)48-34(56)11-9-12-35(48)57)65-51(78)39(29-40(59)71)64-50(77)32(4)63-49(76)31(3)62-42(73)18-22-82-24-26-84-27-25-83-23-20-60-41(72)17-21-70-43(74)14-15-44(70)75/h8-16,19,30-32,38-39,69H,17-18,20-29H2,1-7H3,(H2,59,71)(H,60,72)(H,62,73)(H,63,76)(H,64,77)(H,65,78)(H,61,66,68,79)/t31-,32-,38?,39-/m1/s1. The molecule has 26 nitrogen and oxygen atoms in total. The van der Waals surface area contributed by atoms with E-state index in [-0.39, 0.29) is 112 Å². The molecule has 31 heteroatoms. The van der Waals surface area contributed by atoms with Crippen LogP contribution in [0.3, 0.4) is 0 Å². The van der Waals surface area contributed by atoms with E-state index < -0.39 is 121 Å². The first-order valence-corrected chi connectivity index (χ1v) is 29.3. The lowest BCUT2D eigenvalue weighted by Gasteiger charge is -2.25. The molecule has 3 heterocycles. The highest BCUT2D eigenvalue weighted by molar-refractivity contribution is 7.92. The zero-order chi connectivity index (χ0) is 63.5. The van der Waals surface area contributed by atoms with E-state index in [0.717, 1.165) is 52.7 Å². The number of carbonyl (C=O) groups excluding carboxylic acids is 9. The molecule has 1 unspecified atom stereocenters. The highest BCUT2D eigenvalue weighted by atomic mass is 32.2. The Hall–Kier alpha value is -8.26. The normalized spacial score (nSPS) is 13.8. The molecular weight excluding hydrogens is 1170 g/mol. The number of carbonyl (C=O) groups is 9. The Morgan fingerprint density at radius 2 is 1.30 bits per heavy atom. The van der Waals surface area contributed by atoms with Crippen LogP contribution in [-0.4, -0.2) is 158 Å². The number of aromatic nitrogens is 3. The highest BCUT2D eigenvalue weighted by Crippen LogP contribution is 2.42. The van der Waals surface area contributed by atoms with E-state index in [9.17, 15) is 60.3 Å². The van der Waals surface area contributed by atoms with Gasteiger partial charge in [0.25, 0.3) is 21.8 Å². The quantitative estimate of drug-likeness (QED) is 0.0251. The van der Waals surface area contributed by atoms with Gasteiger partial charge in [0.15, 0.2) is 10.7 Å². The molecular formula is C55H69F3N12O14S2. The van der Waals surface area contributed by atoms with E-state index >= 15 is 4.39 Å². The van der Waals surface area contributed by atoms with Crippen molar-refractivity contribution in [3.63, 3.8) is 0 Å². The highest BCUT2D eigenvalue weighted by Gasteiger charge is 2.33. The number of halogens is 3. The fraction of sp³-hybridized carbons (Fsp3) is 0.455. The van der Waals surface area contributed by atoms with Crippen LogP contribution in [0.1, 0.15) is 79.2 Å². The Labute approximate surface area is 497 Å². The van der Waals surface area contributed by atoms with Crippen molar-refractivity contribution in [3.05, 3.63) is 83.3 Å². The molecule has 0 saturated heterocycles. The fourth-order valence-electron chi connectivity index (χ4n) is 7.86. The van der Waals surface area contributed by atoms with Gasteiger partial charge in [0, 0.05) is 55.3 Å². The molecule has 4 aromatic rings. The van der Waals surface area contributed by atoms with E-state index in [4.69, 9.17) is 24.9 Å². The number of hydrogen-bond donors (Lipinski definition) is 8. The van der Waals surface area contributed by atoms with Crippen LogP contribution in [0.25, 0.3) is 21.8 Å². The summed E-state index contributed by atoms with van der Waals surface area (Å²) >= 11 is 1.11. The minimum atomic E-state index is -4.98. The van der Waals surface area contributed by atoms with Gasteiger partial charge in [-0.3, -0.25) is 58.1 Å². The number of amides is 9. The van der Waals surface area contributed by atoms with Crippen LogP contribution in [0.5, 0.6) is 0 Å². The van der Waals surface area contributed by atoms with Gasteiger partial charge in [-0.2, -0.15) is 0 Å². The molecule has 0 fully saturated rings. The van der Waals surface area contributed by atoms with Crippen molar-refractivity contribution in [2.75, 3.05) is 62.8 Å². The summed E-state index contributed by atoms with van der Waals surface area (Å²) in [6.45, 7) is 12.8. The predicted octanol–water partition coefficient (Wildman–Crippen LogP) is 2.49. The number of nitrogens with one attached hydrogen (secondary N) is 7. The molecule has 0 spiro atoms. The number of benzene rings is 2. The minimum absolute atomic E-state index is 0.00135. The Balaban J connectivity index is 1.10. The van der Waals surface area contributed by atoms with Crippen molar-refractivity contribution in [1.82, 2.24) is 46.4 Å². The number of nitrogens with zero attached hydrogens (tertiary/aromatic N) is 4. The summed E-state index contributed by atoms with van der Waals surface area (Å²) in [4.78, 5) is 127. The number of sulfonamides is 1. The van der Waals surface area contributed by atoms with Crippen molar-refractivity contribution in [3.8, 4) is 21.8 Å². The molecule has 86 heavy (non-hydrogen) atoms. The number of imide groups is 1. The SMILES string of the molecule is CC(C)CC(NC(=O)[C@@H](CC(N)=O)NC(=O)[C@@H](C)NC(=O)[C@@H](C)NC(=O)CCOCCOCCOCCNC(=O)CCN1C(=O)C=CC1=O)C(=O)Nc1nccc(-c2sc(C(C)(C)C)nc2-c2cccc(NS(=O)(=O)c3c(F)cccc3F)c2F)n1. The number of primary amides is 1. The van der Waals surface area contributed by atoms with Crippen LogP contribution in [0, 0.1) is 23.4 Å². The number of rotatable bonds is 33. The van der Waals surface area contributed by atoms with E-state index in [1.54, 1.807) is 13.8 Å². The molecule has 9 amide bonds. The zero-order valence-corrected chi connectivity index (χ0v) is 49.8. The van der Waals surface area contributed by atoms with E-state index in [1.165, 1.54) is 38.2 Å². The van der Waals surface area contributed by atoms with Gasteiger partial charge in [-0.05, 0) is 56.5 Å². The third-order valence-corrected chi connectivity index (χ3v) is 15.1. The summed E-state index contributed by atoms with van der Waals surface area (Å²) in [6, 6.07) is 2.15. The number of anilines is 2. The molecule has 2 aromatic carbocycles. The Morgan fingerprint density at radius 1 is 0.709 bits per heavy atom. The molecule has 0 saturated carbocycles. The summed E-state index contributed by atoms with van der Waals surface area (Å²) < 4.78 is 90.0. The van der Waals surface area contributed by atoms with Crippen molar-refractivity contribution in [2.45, 2.75) is 109 Å². The van der Waals surface area contributed by atoms with Gasteiger partial charge >= 0.3 is 0 Å². The van der Waals surface area contributed by atoms with Crippen LogP contribution in [0.2, 0.25) is 0 Å². The molecule has 9 N–H and O–H groups in total. The van der Waals surface area contributed by atoms with Crippen LogP contribution in [0.15, 0.2) is 65.7 Å². The summed E-state index contributed by atoms with van der Waals surface area (Å²) in [5.74, 6) is -10.8. The second kappa shape index (κ2) is 31.8. The lowest BCUT2D eigenvalue weighted by Crippen LogP contribution is -2.57. The topological polar surface area (TPSA) is 368 Å². The summed E-state index contributed by atoms with van der Waals surface area (Å²) in [6.07, 6.45) is 2.71. The van der Waals surface area contributed by atoms with Crippen LogP contribution < -0.4 is 42.4 Å². The van der Waals surface area contributed by atoms with Gasteiger partial charge in [0.05, 0.1) is 73.0 Å². The maximum Gasteiger partial charge on any atom is 0.267 e. The summed E-state index contributed by atoms with van der Waals surface area (Å²) in [5, 5.41) is 15.5. The third-order valence-electron chi connectivity index (χ3n) is 12.2. The number of ether oxygens (including phenoxy) is 3. The molecule has 0 radical (unpaired) electrons. The molecule has 4 atom stereocenters. The Kier molecular flexibility index (Phi) is 25.3. The van der Waals surface area contributed by atoms with Gasteiger partial charge in [-0.25, -0.2) is 36.5 Å². The second-order valence-corrected chi connectivity index (χ2v) is 23.4. The van der Waals surface area contributed by atoms with E-state index in [0.29, 0.717) is 5.01 Å². The maximum absolute atomic E-state index is 16.5. The van der Waals surface area contributed by atoms with E-state index in [1.807, 2.05) is 25.5 Å². The molecule has 5 rings (SSSR count).